The number of nitrogens with one attached hydrogen (secondary N) is 1. The van der Waals surface area contributed by atoms with Crippen molar-refractivity contribution in [1.82, 2.24) is 10.3 Å². The van der Waals surface area contributed by atoms with Crippen molar-refractivity contribution in [2.75, 3.05) is 13.2 Å². The highest BCUT2D eigenvalue weighted by Gasteiger charge is 2.31. The summed E-state index contributed by atoms with van der Waals surface area (Å²) in [5.74, 6) is 0.511. The lowest BCUT2D eigenvalue weighted by Crippen LogP contribution is -2.39. The number of pyridine rings is 1. The van der Waals surface area contributed by atoms with Crippen LogP contribution in [0.2, 0.25) is 0 Å². The van der Waals surface area contributed by atoms with Gasteiger partial charge in [-0.1, -0.05) is 24.3 Å². The molecule has 1 fully saturated rings. The molecule has 2 aromatic rings. The summed E-state index contributed by atoms with van der Waals surface area (Å²) in [4.78, 5) is 4.57. The number of ether oxygens (including phenoxy) is 1. The molecule has 0 spiro atoms. The van der Waals surface area contributed by atoms with Crippen molar-refractivity contribution in [3.05, 3.63) is 42.1 Å². The first kappa shape index (κ1) is 14.5. The molecule has 1 aromatic carbocycles. The quantitative estimate of drug-likeness (QED) is 0.933. The SMILES string of the molecule is CC(C)(C)NCC1CCOC1c1cccc2cccnc12. The van der Waals surface area contributed by atoms with Gasteiger partial charge in [0.25, 0.3) is 0 Å². The maximum Gasteiger partial charge on any atom is 0.0887 e. The van der Waals surface area contributed by atoms with Crippen LogP contribution in [0.15, 0.2) is 36.5 Å². The van der Waals surface area contributed by atoms with Crippen LogP contribution < -0.4 is 5.32 Å². The van der Waals surface area contributed by atoms with E-state index < -0.39 is 0 Å². The molecule has 1 aromatic heterocycles. The lowest BCUT2D eigenvalue weighted by Gasteiger charge is -2.26. The fourth-order valence-electron chi connectivity index (χ4n) is 2.98. The molecule has 0 saturated carbocycles. The van der Waals surface area contributed by atoms with Crippen LogP contribution in [0.3, 0.4) is 0 Å². The minimum atomic E-state index is 0.143. The van der Waals surface area contributed by atoms with Crippen LogP contribution in [0.4, 0.5) is 0 Å². The van der Waals surface area contributed by atoms with E-state index in [-0.39, 0.29) is 11.6 Å². The lowest BCUT2D eigenvalue weighted by atomic mass is 9.92. The van der Waals surface area contributed by atoms with Crippen LogP contribution in [0.25, 0.3) is 10.9 Å². The molecule has 2 atom stereocenters. The van der Waals surface area contributed by atoms with Crippen molar-refractivity contribution >= 4 is 10.9 Å². The number of hydrogen-bond acceptors (Lipinski definition) is 3. The predicted octanol–water partition coefficient (Wildman–Crippen LogP) is 3.70. The van der Waals surface area contributed by atoms with E-state index in [0.717, 1.165) is 25.1 Å². The molecular weight excluding hydrogens is 260 g/mol. The third-order valence-electron chi connectivity index (χ3n) is 4.08. The molecule has 0 aliphatic carbocycles. The molecule has 2 unspecified atom stereocenters. The molecule has 1 aliphatic heterocycles. The number of hydrogen-bond donors (Lipinski definition) is 1. The van der Waals surface area contributed by atoms with Gasteiger partial charge in [-0.3, -0.25) is 4.98 Å². The van der Waals surface area contributed by atoms with Crippen molar-refractivity contribution in [2.45, 2.75) is 38.8 Å². The first-order valence-corrected chi connectivity index (χ1v) is 7.75. The summed E-state index contributed by atoms with van der Waals surface area (Å²) < 4.78 is 6.04. The van der Waals surface area contributed by atoms with Crippen LogP contribution in [-0.4, -0.2) is 23.7 Å². The van der Waals surface area contributed by atoms with Gasteiger partial charge in [-0.15, -0.1) is 0 Å². The zero-order chi connectivity index (χ0) is 14.9. The Kier molecular flexibility index (Phi) is 3.96. The van der Waals surface area contributed by atoms with Crippen molar-refractivity contribution in [1.29, 1.82) is 0 Å². The third-order valence-corrected chi connectivity index (χ3v) is 4.08. The van der Waals surface area contributed by atoms with Gasteiger partial charge in [0, 0.05) is 41.8 Å². The maximum absolute atomic E-state index is 6.04. The van der Waals surface area contributed by atoms with E-state index in [4.69, 9.17) is 4.74 Å². The van der Waals surface area contributed by atoms with E-state index in [1.54, 1.807) is 0 Å². The average molecular weight is 284 g/mol. The fourth-order valence-corrected chi connectivity index (χ4v) is 2.98. The van der Waals surface area contributed by atoms with Gasteiger partial charge in [-0.05, 0) is 33.3 Å². The Morgan fingerprint density at radius 3 is 2.86 bits per heavy atom. The molecule has 0 radical (unpaired) electrons. The Hall–Kier alpha value is -1.45. The number of rotatable bonds is 3. The Labute approximate surface area is 126 Å². The van der Waals surface area contributed by atoms with Crippen molar-refractivity contribution in [3.63, 3.8) is 0 Å². The van der Waals surface area contributed by atoms with Gasteiger partial charge in [0.2, 0.25) is 0 Å². The molecule has 1 N–H and O–H groups in total. The van der Waals surface area contributed by atoms with E-state index >= 15 is 0 Å². The number of aromatic nitrogens is 1. The topological polar surface area (TPSA) is 34.1 Å². The lowest BCUT2D eigenvalue weighted by molar-refractivity contribution is 0.0899. The normalized spacial score (nSPS) is 22.8. The molecular formula is C18H24N2O. The highest BCUT2D eigenvalue weighted by atomic mass is 16.5. The van der Waals surface area contributed by atoms with E-state index in [1.807, 2.05) is 12.3 Å². The third kappa shape index (κ3) is 3.25. The summed E-state index contributed by atoms with van der Waals surface area (Å²) in [6, 6.07) is 10.5. The second kappa shape index (κ2) is 5.74. The summed E-state index contributed by atoms with van der Waals surface area (Å²) in [5.41, 5.74) is 2.45. The van der Waals surface area contributed by atoms with Gasteiger partial charge in [-0.2, -0.15) is 0 Å². The van der Waals surface area contributed by atoms with Crippen LogP contribution in [-0.2, 0) is 4.74 Å². The van der Waals surface area contributed by atoms with Crippen LogP contribution in [0, 0.1) is 5.92 Å². The molecule has 3 nitrogen and oxygen atoms in total. The molecule has 1 aliphatic rings. The van der Waals surface area contributed by atoms with Crippen molar-refractivity contribution < 1.29 is 4.74 Å². The van der Waals surface area contributed by atoms with Crippen LogP contribution in [0.5, 0.6) is 0 Å². The smallest absolute Gasteiger partial charge is 0.0887 e. The fraction of sp³-hybridized carbons (Fsp3) is 0.500. The Morgan fingerprint density at radius 1 is 1.24 bits per heavy atom. The highest BCUT2D eigenvalue weighted by Crippen LogP contribution is 2.37. The Morgan fingerprint density at radius 2 is 2.05 bits per heavy atom. The Bertz CT molecular complexity index is 613. The van der Waals surface area contributed by atoms with Crippen LogP contribution in [0.1, 0.15) is 38.9 Å². The van der Waals surface area contributed by atoms with Gasteiger partial charge in [0.1, 0.15) is 0 Å². The number of para-hydroxylation sites is 1. The van der Waals surface area contributed by atoms with E-state index in [1.165, 1.54) is 10.9 Å². The molecule has 0 amide bonds. The van der Waals surface area contributed by atoms with Gasteiger partial charge >= 0.3 is 0 Å². The summed E-state index contributed by atoms with van der Waals surface area (Å²) in [5, 5.41) is 4.80. The second-order valence-corrected chi connectivity index (χ2v) is 6.89. The molecule has 1 saturated heterocycles. The van der Waals surface area contributed by atoms with Crippen molar-refractivity contribution in [2.24, 2.45) is 5.92 Å². The Balaban J connectivity index is 1.87. The van der Waals surface area contributed by atoms with E-state index in [9.17, 15) is 0 Å². The van der Waals surface area contributed by atoms with E-state index in [2.05, 4.69) is 55.3 Å². The molecule has 21 heavy (non-hydrogen) atoms. The van der Waals surface area contributed by atoms with Gasteiger partial charge in [-0.25, -0.2) is 0 Å². The zero-order valence-corrected chi connectivity index (χ0v) is 13.1. The van der Waals surface area contributed by atoms with Crippen molar-refractivity contribution in [3.8, 4) is 0 Å². The molecule has 2 heterocycles. The molecule has 3 rings (SSSR count). The van der Waals surface area contributed by atoms with E-state index in [0.29, 0.717) is 5.92 Å². The van der Waals surface area contributed by atoms with Crippen LogP contribution >= 0.6 is 0 Å². The first-order chi connectivity index (χ1) is 10.0. The summed E-state index contributed by atoms with van der Waals surface area (Å²) in [7, 11) is 0. The minimum Gasteiger partial charge on any atom is -0.373 e. The first-order valence-electron chi connectivity index (χ1n) is 7.75. The van der Waals surface area contributed by atoms with Gasteiger partial charge < -0.3 is 10.1 Å². The standard InChI is InChI=1S/C18H24N2O/c1-18(2,3)20-12-14-9-11-21-17(14)15-8-4-6-13-7-5-10-19-16(13)15/h4-8,10,14,17,20H,9,11-12H2,1-3H3. The molecule has 0 bridgehead atoms. The monoisotopic (exact) mass is 284 g/mol. The second-order valence-electron chi connectivity index (χ2n) is 6.89. The predicted molar refractivity (Wildman–Crippen MR) is 86.3 cm³/mol. The summed E-state index contributed by atoms with van der Waals surface area (Å²) in [6.07, 6.45) is 3.12. The minimum absolute atomic E-state index is 0.143. The number of nitrogens with zero attached hydrogens (tertiary/aromatic N) is 1. The van der Waals surface area contributed by atoms with Gasteiger partial charge in [0.05, 0.1) is 11.6 Å². The number of benzene rings is 1. The molecule has 3 heteroatoms. The largest absolute Gasteiger partial charge is 0.373 e. The average Bonchev–Trinajstić information content (AvgIpc) is 2.92. The summed E-state index contributed by atoms with van der Waals surface area (Å²) >= 11 is 0. The van der Waals surface area contributed by atoms with Gasteiger partial charge in [0.15, 0.2) is 0 Å². The highest BCUT2D eigenvalue weighted by molar-refractivity contribution is 5.81. The maximum atomic E-state index is 6.04. The zero-order valence-electron chi connectivity index (χ0n) is 13.1. The number of fused-ring (bicyclic) bond motifs is 1. The summed E-state index contributed by atoms with van der Waals surface area (Å²) in [6.45, 7) is 8.44. The molecule has 112 valence electrons.